The Balaban J connectivity index is 1.20. The molecule has 0 unspecified atom stereocenters. The van der Waals surface area contributed by atoms with Crippen LogP contribution in [0.4, 0.5) is 13.2 Å². The molecule has 2 heterocycles. The summed E-state index contributed by atoms with van der Waals surface area (Å²) >= 11 is 0. The summed E-state index contributed by atoms with van der Waals surface area (Å²) in [4.78, 5) is 29.7. The molecular formula is C33H33F3N2O4. The Labute approximate surface area is 243 Å². The smallest absolute Gasteiger partial charge is 0.416 e. The van der Waals surface area contributed by atoms with Gasteiger partial charge in [-0.05, 0) is 93.3 Å². The molecule has 1 spiro atoms. The Morgan fingerprint density at radius 2 is 1.88 bits per heavy atom. The number of hydrogen-bond donors (Lipinski definition) is 0. The minimum absolute atomic E-state index is 0.221. The van der Waals surface area contributed by atoms with E-state index in [9.17, 15) is 22.8 Å². The molecule has 2 saturated carbocycles. The van der Waals surface area contributed by atoms with E-state index in [4.69, 9.17) is 9.47 Å². The van der Waals surface area contributed by atoms with E-state index in [1.54, 1.807) is 11.9 Å². The third kappa shape index (κ3) is 4.38. The van der Waals surface area contributed by atoms with Crippen molar-refractivity contribution in [1.82, 2.24) is 9.80 Å². The summed E-state index contributed by atoms with van der Waals surface area (Å²) in [5.74, 6) is 7.20. The zero-order chi connectivity index (χ0) is 29.4. The van der Waals surface area contributed by atoms with E-state index >= 15 is 0 Å². The fraction of sp³-hybridized carbons (Fsp3) is 0.515. The van der Waals surface area contributed by atoms with Gasteiger partial charge in [-0.15, -0.1) is 0 Å². The summed E-state index contributed by atoms with van der Waals surface area (Å²) in [5.41, 5.74) is 1.51. The lowest BCUT2D eigenvalue weighted by molar-refractivity contribution is -0.137. The second-order valence-electron chi connectivity index (χ2n) is 12.5. The third-order valence-corrected chi connectivity index (χ3v) is 10.2. The van der Waals surface area contributed by atoms with Gasteiger partial charge in [-0.1, -0.05) is 5.92 Å². The largest absolute Gasteiger partial charge is 0.487 e. The van der Waals surface area contributed by atoms with Crippen molar-refractivity contribution in [1.29, 1.82) is 0 Å². The van der Waals surface area contributed by atoms with Gasteiger partial charge >= 0.3 is 12.1 Å². The fourth-order valence-electron chi connectivity index (χ4n) is 8.21. The molecule has 0 aromatic heterocycles. The van der Waals surface area contributed by atoms with Gasteiger partial charge in [0.1, 0.15) is 17.6 Å². The number of hydrogen-bond acceptors (Lipinski definition) is 5. The van der Waals surface area contributed by atoms with Gasteiger partial charge in [-0.3, -0.25) is 14.5 Å². The summed E-state index contributed by atoms with van der Waals surface area (Å²) in [6.45, 7) is 3.49. The van der Waals surface area contributed by atoms with Gasteiger partial charge in [-0.25, -0.2) is 0 Å². The molecule has 9 heteroatoms. The number of likely N-dealkylation sites (N-methyl/N-ethyl adjacent to an activating group) is 1. The van der Waals surface area contributed by atoms with Crippen LogP contribution in [-0.2, 0) is 27.6 Å². The van der Waals surface area contributed by atoms with E-state index in [1.807, 2.05) is 12.1 Å². The molecule has 2 bridgehead atoms. The highest BCUT2D eigenvalue weighted by atomic mass is 19.4. The summed E-state index contributed by atoms with van der Waals surface area (Å²) in [7, 11) is 1.74. The van der Waals surface area contributed by atoms with Gasteiger partial charge < -0.3 is 14.4 Å². The number of likely N-dealkylation sites (tertiary alicyclic amines) is 1. The van der Waals surface area contributed by atoms with E-state index in [1.165, 1.54) is 31.9 Å². The number of carbonyl (C=O) groups excluding carboxylic acids is 2. The highest BCUT2D eigenvalue weighted by Gasteiger charge is 2.66. The molecule has 42 heavy (non-hydrogen) atoms. The van der Waals surface area contributed by atoms with Gasteiger partial charge in [0.05, 0.1) is 11.6 Å². The Kier molecular flexibility index (Phi) is 6.36. The number of carbonyl (C=O) groups is 2. The van der Waals surface area contributed by atoms with E-state index in [2.05, 4.69) is 16.7 Å². The molecule has 7 rings (SSSR count). The number of amides is 1. The second kappa shape index (κ2) is 9.77. The maximum absolute atomic E-state index is 13.3. The standard InChI is InChI=1S/C33H33F3N2O4/c1-19(39)41-27-12-13-28-30-23(27)17-26-24-10-11-25(31(42-28)32(24,30)15-16-38(26)18-21-3-4-21)37(2)29(40)14-7-20-5-8-22(9-6-20)33(34,35)36/h5-6,8-9,12-13,21,24-26,31H,3-4,10-11,15-18H2,1-2H3/t24-,25-,26+,31-,32-/m0/s1. The number of nitrogens with zero attached hydrogens (tertiary/aromatic N) is 2. The first-order chi connectivity index (χ1) is 20.1. The molecule has 2 aromatic rings. The van der Waals surface area contributed by atoms with Crippen molar-refractivity contribution in [3.8, 4) is 23.3 Å². The summed E-state index contributed by atoms with van der Waals surface area (Å²) in [6.07, 6.45) is 1.32. The summed E-state index contributed by atoms with van der Waals surface area (Å²) in [5, 5.41) is 0. The summed E-state index contributed by atoms with van der Waals surface area (Å²) in [6, 6.07) is 8.35. The molecule has 0 N–H and O–H groups in total. The molecule has 2 aromatic carbocycles. The van der Waals surface area contributed by atoms with Crippen molar-refractivity contribution in [2.75, 3.05) is 20.1 Å². The molecule has 1 saturated heterocycles. The fourth-order valence-corrected chi connectivity index (χ4v) is 8.21. The molecule has 6 nitrogen and oxygen atoms in total. The molecule has 3 fully saturated rings. The highest BCUT2D eigenvalue weighted by Crippen LogP contribution is 2.64. The van der Waals surface area contributed by atoms with Crippen molar-refractivity contribution >= 4 is 11.9 Å². The van der Waals surface area contributed by atoms with Gasteiger partial charge in [-0.2, -0.15) is 13.2 Å². The van der Waals surface area contributed by atoms with Crippen LogP contribution in [0.1, 0.15) is 61.3 Å². The third-order valence-electron chi connectivity index (χ3n) is 10.2. The maximum atomic E-state index is 13.3. The van der Waals surface area contributed by atoms with Gasteiger partial charge in [0.2, 0.25) is 0 Å². The van der Waals surface area contributed by atoms with Gasteiger partial charge in [0.15, 0.2) is 0 Å². The number of alkyl halides is 3. The first kappa shape index (κ1) is 27.3. The van der Waals surface area contributed by atoms with Crippen LogP contribution in [0.2, 0.25) is 0 Å². The number of piperidine rings is 1. The highest BCUT2D eigenvalue weighted by molar-refractivity contribution is 5.94. The van der Waals surface area contributed by atoms with E-state index in [0.717, 1.165) is 73.7 Å². The van der Waals surface area contributed by atoms with Crippen LogP contribution < -0.4 is 9.47 Å². The van der Waals surface area contributed by atoms with Crippen molar-refractivity contribution in [2.24, 2.45) is 11.8 Å². The van der Waals surface area contributed by atoms with Crippen molar-refractivity contribution < 1.29 is 32.2 Å². The van der Waals surface area contributed by atoms with Gasteiger partial charge in [0, 0.05) is 54.6 Å². The van der Waals surface area contributed by atoms with Crippen molar-refractivity contribution in [3.63, 3.8) is 0 Å². The number of benzene rings is 2. The Hall–Kier alpha value is -3.51. The number of esters is 1. The minimum Gasteiger partial charge on any atom is -0.487 e. The van der Waals surface area contributed by atoms with Crippen LogP contribution in [0.5, 0.6) is 11.5 Å². The minimum atomic E-state index is -4.43. The lowest BCUT2D eigenvalue weighted by Gasteiger charge is -2.60. The lowest BCUT2D eigenvalue weighted by atomic mass is 9.51. The van der Waals surface area contributed by atoms with Crippen LogP contribution in [-0.4, -0.2) is 60.0 Å². The molecule has 3 aliphatic carbocycles. The van der Waals surface area contributed by atoms with Crippen LogP contribution in [0.25, 0.3) is 0 Å². The molecular weight excluding hydrogens is 545 g/mol. The topological polar surface area (TPSA) is 59.1 Å². The van der Waals surface area contributed by atoms with Crippen molar-refractivity contribution in [3.05, 3.63) is 58.7 Å². The van der Waals surface area contributed by atoms with Crippen LogP contribution >= 0.6 is 0 Å². The zero-order valence-corrected chi connectivity index (χ0v) is 23.7. The SMILES string of the molecule is CC(=O)Oc1ccc2c3c1C[C@@H]1[C@@H]4CC[C@H](N(C)C(=O)C#Cc5ccc(C(F)(F)F)cc5)[C@H](O2)[C@]34CCN1CC1CC1. The normalized spacial score (nSPS) is 29.1. The molecule has 5 aliphatic rings. The Morgan fingerprint density at radius 1 is 1.12 bits per heavy atom. The number of rotatable bonds is 4. The monoisotopic (exact) mass is 578 g/mol. The first-order valence-electron chi connectivity index (χ1n) is 14.8. The second-order valence-corrected chi connectivity index (χ2v) is 12.5. The van der Waals surface area contributed by atoms with E-state index in [0.29, 0.717) is 23.3 Å². The van der Waals surface area contributed by atoms with E-state index < -0.39 is 17.6 Å². The maximum Gasteiger partial charge on any atom is 0.416 e. The average molecular weight is 579 g/mol. The molecule has 0 radical (unpaired) electrons. The molecule has 2 aliphatic heterocycles. The predicted octanol–water partition coefficient (Wildman–Crippen LogP) is 4.96. The van der Waals surface area contributed by atoms with Crippen LogP contribution in [0.15, 0.2) is 36.4 Å². The number of ether oxygens (including phenoxy) is 2. The Bertz CT molecular complexity index is 1510. The zero-order valence-electron chi connectivity index (χ0n) is 23.7. The predicted molar refractivity (Wildman–Crippen MR) is 148 cm³/mol. The van der Waals surface area contributed by atoms with Gasteiger partial charge in [0.25, 0.3) is 5.91 Å². The van der Waals surface area contributed by atoms with Crippen molar-refractivity contribution in [2.45, 2.75) is 75.2 Å². The molecule has 220 valence electrons. The molecule has 5 atom stereocenters. The summed E-state index contributed by atoms with van der Waals surface area (Å²) < 4.78 is 51.2. The molecule has 1 amide bonds. The quantitative estimate of drug-likeness (QED) is 0.292. The average Bonchev–Trinajstić information content (AvgIpc) is 3.71. The van der Waals surface area contributed by atoms with Crippen LogP contribution in [0, 0.1) is 23.7 Å². The van der Waals surface area contributed by atoms with E-state index in [-0.39, 0.29) is 23.5 Å². The number of halogens is 3. The lowest BCUT2D eigenvalue weighted by Crippen LogP contribution is -2.69. The van der Waals surface area contributed by atoms with Crippen LogP contribution in [0.3, 0.4) is 0 Å². The first-order valence-corrected chi connectivity index (χ1v) is 14.8. The Morgan fingerprint density at radius 3 is 2.57 bits per heavy atom.